The first kappa shape index (κ1) is 7.90. The minimum atomic E-state index is -4.35. The van der Waals surface area contributed by atoms with Crippen LogP contribution in [0.5, 0.6) is 0 Å². The van der Waals surface area contributed by atoms with Crippen molar-refractivity contribution in [1.29, 1.82) is 0 Å². The molecule has 0 aliphatic heterocycles. The van der Waals surface area contributed by atoms with E-state index in [-0.39, 0.29) is 0 Å². The van der Waals surface area contributed by atoms with E-state index >= 15 is 0 Å². The topological polar surface area (TPSA) is 27.1 Å². The molecule has 0 unspecified atom stereocenters. The lowest BCUT2D eigenvalue weighted by molar-refractivity contribution is -0.137. The average Bonchev–Trinajstić information content (AvgIpc) is 2.32. The number of hydrogen-bond acceptors (Lipinski definition) is 2. The van der Waals surface area contributed by atoms with E-state index in [1.807, 2.05) is 0 Å². The van der Waals surface area contributed by atoms with Crippen molar-refractivity contribution in [2.24, 2.45) is 0 Å². The summed E-state index contributed by atoms with van der Waals surface area (Å²) in [6, 6.07) is 0. The first-order valence-corrected chi connectivity index (χ1v) is 2.70. The fraction of sp³-hybridized carbons (Fsp3) is 0.400. The molecule has 1 rings (SSSR count). The third kappa shape index (κ3) is 1.63. The van der Waals surface area contributed by atoms with Crippen LogP contribution in [0.15, 0.2) is 12.4 Å². The molecule has 0 radical (unpaired) electrons. The van der Waals surface area contributed by atoms with Gasteiger partial charge in [-0.1, -0.05) is 0 Å². The molecule has 1 aromatic rings. The van der Waals surface area contributed by atoms with Gasteiger partial charge >= 0.3 is 6.18 Å². The maximum absolute atomic E-state index is 11.8. The normalized spacial score (nSPS) is 11.6. The van der Waals surface area contributed by atoms with E-state index in [2.05, 4.69) is 9.94 Å². The van der Waals surface area contributed by atoms with E-state index in [0.29, 0.717) is 6.20 Å². The molecule has 0 fully saturated rings. The van der Waals surface area contributed by atoms with Crippen LogP contribution in [0.4, 0.5) is 13.2 Å². The van der Waals surface area contributed by atoms with Gasteiger partial charge in [0.05, 0.1) is 18.0 Å². The van der Waals surface area contributed by atoms with Crippen molar-refractivity contribution in [2.45, 2.75) is 6.18 Å². The highest BCUT2D eigenvalue weighted by molar-refractivity contribution is 5.07. The number of aromatic nitrogens is 2. The van der Waals surface area contributed by atoms with Gasteiger partial charge in [0.2, 0.25) is 0 Å². The van der Waals surface area contributed by atoms with Gasteiger partial charge in [-0.2, -0.15) is 13.2 Å². The molecule has 3 nitrogen and oxygen atoms in total. The Balaban J connectivity index is 2.89. The minimum absolute atomic E-state index is 0.698. The fourth-order valence-corrected chi connectivity index (χ4v) is 0.551. The molecule has 0 bridgehead atoms. The van der Waals surface area contributed by atoms with Crippen LogP contribution in [0.2, 0.25) is 0 Å². The van der Waals surface area contributed by atoms with Gasteiger partial charge in [0.15, 0.2) is 0 Å². The van der Waals surface area contributed by atoms with Crippen molar-refractivity contribution in [1.82, 2.24) is 9.94 Å². The van der Waals surface area contributed by atoms with Crippen molar-refractivity contribution < 1.29 is 18.0 Å². The highest BCUT2D eigenvalue weighted by Crippen LogP contribution is 2.27. The van der Waals surface area contributed by atoms with Gasteiger partial charge in [-0.05, 0) is 0 Å². The molecule has 0 saturated heterocycles. The highest BCUT2D eigenvalue weighted by atomic mass is 19.4. The Morgan fingerprint density at radius 3 is 2.45 bits per heavy atom. The summed E-state index contributed by atoms with van der Waals surface area (Å²) in [6.45, 7) is 0. The van der Waals surface area contributed by atoms with Gasteiger partial charge in [-0.3, -0.25) is 0 Å². The number of rotatable bonds is 1. The van der Waals surface area contributed by atoms with Crippen molar-refractivity contribution in [2.75, 3.05) is 7.11 Å². The Bertz CT molecular complexity index is 242. The van der Waals surface area contributed by atoms with Crippen LogP contribution in [0.3, 0.4) is 0 Å². The largest absolute Gasteiger partial charge is 0.419 e. The van der Waals surface area contributed by atoms with Gasteiger partial charge in [-0.15, -0.1) is 9.94 Å². The molecule has 0 aliphatic rings. The van der Waals surface area contributed by atoms with Crippen molar-refractivity contribution >= 4 is 0 Å². The summed E-state index contributed by atoms with van der Waals surface area (Å²) >= 11 is 0. The molecule has 1 heterocycles. The molecule has 0 N–H and O–H groups in total. The third-order valence-electron chi connectivity index (χ3n) is 1.07. The molecular weight excluding hydrogens is 161 g/mol. The van der Waals surface area contributed by atoms with Gasteiger partial charge in [-0.25, -0.2) is 0 Å². The maximum atomic E-state index is 11.8. The summed E-state index contributed by atoms with van der Waals surface area (Å²) in [5.74, 6) is 0. The lowest BCUT2D eigenvalue weighted by Crippen LogP contribution is -2.06. The van der Waals surface area contributed by atoms with E-state index in [9.17, 15) is 13.2 Å². The van der Waals surface area contributed by atoms with Crippen molar-refractivity contribution in [3.05, 3.63) is 18.0 Å². The van der Waals surface area contributed by atoms with Gasteiger partial charge < -0.3 is 4.84 Å². The molecule has 0 atom stereocenters. The zero-order valence-corrected chi connectivity index (χ0v) is 5.59. The number of hydrogen-bond donors (Lipinski definition) is 0. The highest BCUT2D eigenvalue weighted by Gasteiger charge is 2.32. The smallest absolute Gasteiger partial charge is 0.400 e. The molecule has 0 aromatic carbocycles. The fourth-order valence-electron chi connectivity index (χ4n) is 0.551. The average molecular weight is 166 g/mol. The molecular formula is C5H5F3N2O. The van der Waals surface area contributed by atoms with Crippen LogP contribution < -0.4 is 4.84 Å². The first-order valence-electron chi connectivity index (χ1n) is 2.70. The summed E-state index contributed by atoms with van der Waals surface area (Å²) in [4.78, 5) is 5.13. The number of alkyl halides is 3. The molecule has 11 heavy (non-hydrogen) atoms. The maximum Gasteiger partial charge on any atom is 0.419 e. The number of nitrogens with zero attached hydrogens (tertiary/aromatic N) is 2. The predicted octanol–water partition coefficient (Wildman–Crippen LogP) is 0.960. The molecule has 0 amide bonds. The summed E-state index contributed by atoms with van der Waals surface area (Å²) in [5, 5.41) is 3.28. The Labute approximate surface area is 60.3 Å². The van der Waals surface area contributed by atoms with Crippen LogP contribution in [0.25, 0.3) is 0 Å². The van der Waals surface area contributed by atoms with Crippen LogP contribution in [-0.4, -0.2) is 17.1 Å². The Hall–Kier alpha value is -1.20. The number of halogens is 3. The van der Waals surface area contributed by atoms with Crippen LogP contribution in [0.1, 0.15) is 5.56 Å². The van der Waals surface area contributed by atoms with Gasteiger partial charge in [0.1, 0.15) is 7.11 Å². The Morgan fingerprint density at radius 2 is 2.18 bits per heavy atom. The van der Waals surface area contributed by atoms with Crippen LogP contribution in [-0.2, 0) is 6.18 Å². The molecule has 0 spiro atoms. The Morgan fingerprint density at radius 1 is 1.55 bits per heavy atom. The molecule has 0 saturated carbocycles. The zero-order chi connectivity index (χ0) is 8.48. The van der Waals surface area contributed by atoms with E-state index in [0.717, 1.165) is 11.0 Å². The lowest BCUT2D eigenvalue weighted by atomic mass is 10.4. The lowest BCUT2D eigenvalue weighted by Gasteiger charge is -1.99. The summed E-state index contributed by atoms with van der Waals surface area (Å²) in [5.41, 5.74) is -0.820. The summed E-state index contributed by atoms with van der Waals surface area (Å²) in [7, 11) is 1.23. The van der Waals surface area contributed by atoms with Crippen molar-refractivity contribution in [3.8, 4) is 0 Å². The van der Waals surface area contributed by atoms with E-state index in [1.165, 1.54) is 7.11 Å². The van der Waals surface area contributed by atoms with E-state index < -0.39 is 11.7 Å². The second-order valence-corrected chi connectivity index (χ2v) is 1.81. The zero-order valence-electron chi connectivity index (χ0n) is 5.59. The second-order valence-electron chi connectivity index (χ2n) is 1.81. The summed E-state index contributed by atoms with van der Waals surface area (Å²) in [6.07, 6.45) is -2.89. The van der Waals surface area contributed by atoms with Crippen LogP contribution in [0, 0.1) is 0 Å². The standard InChI is InChI=1S/C5H5F3N2O/c1-11-10-3-4(2-9-10)5(6,7)8/h2-3H,1H3. The Kier molecular flexibility index (Phi) is 1.76. The quantitative estimate of drug-likeness (QED) is 0.621. The van der Waals surface area contributed by atoms with E-state index in [4.69, 9.17) is 0 Å². The van der Waals surface area contributed by atoms with Gasteiger partial charge in [0.25, 0.3) is 0 Å². The molecule has 1 aromatic heterocycles. The third-order valence-corrected chi connectivity index (χ3v) is 1.07. The second kappa shape index (κ2) is 2.44. The van der Waals surface area contributed by atoms with Gasteiger partial charge in [0, 0.05) is 0 Å². The molecule has 0 aliphatic carbocycles. The van der Waals surface area contributed by atoms with Crippen LogP contribution >= 0.6 is 0 Å². The summed E-state index contributed by atoms with van der Waals surface area (Å²) < 4.78 is 35.5. The first-order chi connectivity index (χ1) is 5.04. The minimum Gasteiger partial charge on any atom is -0.400 e. The SMILES string of the molecule is COn1cc(C(F)(F)F)cn1. The predicted molar refractivity (Wildman–Crippen MR) is 29.7 cm³/mol. The monoisotopic (exact) mass is 166 g/mol. The molecule has 6 heteroatoms. The van der Waals surface area contributed by atoms with E-state index in [1.54, 1.807) is 0 Å². The van der Waals surface area contributed by atoms with Crippen molar-refractivity contribution in [3.63, 3.8) is 0 Å². The molecule has 62 valence electrons.